The van der Waals surface area contributed by atoms with Crippen molar-refractivity contribution < 1.29 is 14.1 Å². The third-order valence-corrected chi connectivity index (χ3v) is 3.36. The number of hydrogen-bond donors (Lipinski definition) is 2. The second-order valence-corrected chi connectivity index (χ2v) is 6.83. The number of aliphatic hydroxyl groups is 1. The van der Waals surface area contributed by atoms with Crippen LogP contribution in [-0.4, -0.2) is 63.9 Å². The smallest absolute Gasteiger partial charge is 0.234 e. The molecule has 5 nitrogen and oxygen atoms in total. The molecule has 0 saturated carbocycles. The number of rotatable bonds is 6. The van der Waals surface area contributed by atoms with Gasteiger partial charge >= 0.3 is 0 Å². The lowest BCUT2D eigenvalue weighted by Crippen LogP contribution is -2.42. The molecule has 17 heavy (non-hydrogen) atoms. The first-order valence-corrected chi connectivity index (χ1v) is 7.09. The van der Waals surface area contributed by atoms with Crippen molar-refractivity contribution >= 4 is 16.7 Å². The third-order valence-electron chi connectivity index (χ3n) is 2.03. The summed E-state index contributed by atoms with van der Waals surface area (Å²) < 4.78 is 11.6. The largest absolute Gasteiger partial charge is 0.391 e. The van der Waals surface area contributed by atoms with Crippen molar-refractivity contribution in [2.24, 2.45) is 0 Å². The van der Waals surface area contributed by atoms with E-state index in [2.05, 4.69) is 5.32 Å². The van der Waals surface area contributed by atoms with Crippen molar-refractivity contribution in [3.05, 3.63) is 0 Å². The average Bonchev–Trinajstić information content (AvgIpc) is 2.13. The fourth-order valence-corrected chi connectivity index (χ4v) is 2.22. The minimum absolute atomic E-state index is 0.0282. The Balaban J connectivity index is 3.92. The van der Waals surface area contributed by atoms with Crippen molar-refractivity contribution in [2.75, 3.05) is 32.1 Å². The fourth-order valence-electron chi connectivity index (χ4n) is 1.02. The summed E-state index contributed by atoms with van der Waals surface area (Å²) in [7, 11) is 1.93. The molecule has 0 aliphatic carbocycles. The first kappa shape index (κ1) is 16.5. The average molecular weight is 264 g/mol. The molecule has 0 rings (SSSR count). The van der Waals surface area contributed by atoms with E-state index in [1.165, 1.54) is 4.90 Å². The normalized spacial score (nSPS) is 15.4. The van der Waals surface area contributed by atoms with Gasteiger partial charge in [-0.05, 0) is 20.8 Å². The molecule has 0 radical (unpaired) electrons. The molecule has 0 spiro atoms. The maximum atomic E-state index is 11.6. The lowest BCUT2D eigenvalue weighted by atomic mass is 10.1. The maximum absolute atomic E-state index is 11.6. The number of carbonyl (C=O) groups is 1. The van der Waals surface area contributed by atoms with Crippen molar-refractivity contribution in [3.63, 3.8) is 0 Å². The highest BCUT2D eigenvalue weighted by Crippen LogP contribution is 1.99. The van der Waals surface area contributed by atoms with E-state index in [9.17, 15) is 14.1 Å². The minimum Gasteiger partial charge on any atom is -0.391 e. The molecule has 1 amide bonds. The van der Waals surface area contributed by atoms with E-state index < -0.39 is 16.9 Å². The molecule has 0 aromatic rings. The van der Waals surface area contributed by atoms with Crippen molar-refractivity contribution in [1.82, 2.24) is 10.2 Å². The van der Waals surface area contributed by atoms with Crippen LogP contribution in [0, 0.1) is 0 Å². The van der Waals surface area contributed by atoms with Gasteiger partial charge in [-0.1, -0.05) is 0 Å². The van der Waals surface area contributed by atoms with Gasteiger partial charge in [-0.15, -0.1) is 0 Å². The van der Waals surface area contributed by atoms with Crippen LogP contribution in [0.3, 0.4) is 0 Å². The van der Waals surface area contributed by atoms with E-state index >= 15 is 0 Å². The second kappa shape index (κ2) is 7.08. The summed E-state index contributed by atoms with van der Waals surface area (Å²) >= 11 is 0. The zero-order valence-corrected chi connectivity index (χ0v) is 12.1. The van der Waals surface area contributed by atoms with Gasteiger partial charge in [-0.2, -0.15) is 0 Å². The van der Waals surface area contributed by atoms with E-state index in [1.807, 2.05) is 20.8 Å². The van der Waals surface area contributed by atoms with Gasteiger partial charge in [0.15, 0.2) is 0 Å². The van der Waals surface area contributed by atoms with E-state index in [4.69, 9.17) is 0 Å². The van der Waals surface area contributed by atoms with Crippen molar-refractivity contribution in [2.45, 2.75) is 32.4 Å². The highest BCUT2D eigenvalue weighted by Gasteiger charge is 2.16. The van der Waals surface area contributed by atoms with Gasteiger partial charge in [0.05, 0.1) is 11.9 Å². The Labute approximate surface area is 106 Å². The van der Waals surface area contributed by atoms with Crippen LogP contribution in [0.4, 0.5) is 0 Å². The molecule has 0 aliphatic heterocycles. The molecular formula is C11H24N2O3S. The molecule has 0 aromatic carbocycles. The van der Waals surface area contributed by atoms with Crippen molar-refractivity contribution in [1.29, 1.82) is 0 Å². The fraction of sp³-hybridized carbons (Fsp3) is 0.909. The van der Waals surface area contributed by atoms with Gasteiger partial charge in [0.1, 0.15) is 5.75 Å². The molecular weight excluding hydrogens is 240 g/mol. The number of β-amino-alcohol motifs (C(OH)–C–C–N with tert-alkyl or cyclic N) is 1. The summed E-state index contributed by atoms with van der Waals surface area (Å²) in [5.74, 6) is -0.0817. The van der Waals surface area contributed by atoms with Crippen LogP contribution in [-0.2, 0) is 15.6 Å². The molecule has 0 aromatic heterocycles. The zero-order chi connectivity index (χ0) is 13.6. The summed E-state index contributed by atoms with van der Waals surface area (Å²) in [4.78, 5) is 12.7. The second-order valence-electron chi connectivity index (χ2n) is 5.32. The Kier molecular flexibility index (Phi) is 6.89. The van der Waals surface area contributed by atoms with Gasteiger partial charge in [0, 0.05) is 37.0 Å². The van der Waals surface area contributed by atoms with E-state index in [0.29, 0.717) is 6.54 Å². The molecule has 0 fully saturated rings. The summed E-state index contributed by atoms with van der Waals surface area (Å²) in [6.45, 7) is 6.36. The quantitative estimate of drug-likeness (QED) is 0.683. The van der Waals surface area contributed by atoms with Gasteiger partial charge in [-0.3, -0.25) is 9.00 Å². The predicted molar refractivity (Wildman–Crippen MR) is 70.3 cm³/mol. The first-order chi connectivity index (χ1) is 7.61. The van der Waals surface area contributed by atoms with Crippen LogP contribution in [0.2, 0.25) is 0 Å². The Hall–Kier alpha value is -0.460. The number of carbonyl (C=O) groups excluding carboxylic acids is 1. The monoisotopic (exact) mass is 264 g/mol. The number of hydrogen-bond acceptors (Lipinski definition) is 4. The summed E-state index contributed by atoms with van der Waals surface area (Å²) in [6.07, 6.45) is -0.690. The third kappa shape index (κ3) is 9.26. The molecule has 102 valence electrons. The standard InChI is InChI=1S/C11H24N2O3S/c1-11(2,3)12-6-9(14)7-17(16)8-10(15)13(4)5/h9,12,14H,6-8H2,1-5H3. The maximum Gasteiger partial charge on any atom is 0.234 e. The highest BCUT2D eigenvalue weighted by atomic mass is 32.2. The van der Waals surface area contributed by atoms with Crippen molar-refractivity contribution in [3.8, 4) is 0 Å². The molecule has 2 unspecified atom stereocenters. The molecule has 2 atom stereocenters. The van der Waals surface area contributed by atoms with Crippen LogP contribution in [0.5, 0.6) is 0 Å². The van der Waals surface area contributed by atoms with Crippen LogP contribution in [0.1, 0.15) is 20.8 Å². The summed E-state index contributed by atoms with van der Waals surface area (Å²) in [6, 6.07) is 0. The Morgan fingerprint density at radius 3 is 2.35 bits per heavy atom. The molecule has 0 heterocycles. The SMILES string of the molecule is CN(C)C(=O)CS(=O)CC(O)CNC(C)(C)C. The number of nitrogens with one attached hydrogen (secondary N) is 1. The van der Waals surface area contributed by atoms with Crippen LogP contribution >= 0.6 is 0 Å². The Morgan fingerprint density at radius 1 is 1.41 bits per heavy atom. The molecule has 6 heteroatoms. The van der Waals surface area contributed by atoms with Crippen LogP contribution in [0.15, 0.2) is 0 Å². The van der Waals surface area contributed by atoms with Crippen LogP contribution < -0.4 is 5.32 Å². The molecule has 0 bridgehead atoms. The van der Waals surface area contributed by atoms with Gasteiger partial charge in [0.2, 0.25) is 5.91 Å². The number of aliphatic hydroxyl groups excluding tert-OH is 1. The lowest BCUT2D eigenvalue weighted by Gasteiger charge is -2.22. The van der Waals surface area contributed by atoms with E-state index in [-0.39, 0.29) is 23.0 Å². The molecule has 2 N–H and O–H groups in total. The topological polar surface area (TPSA) is 69.6 Å². The Bertz CT molecular complexity index is 274. The number of amides is 1. The summed E-state index contributed by atoms with van der Waals surface area (Å²) in [5, 5.41) is 12.8. The minimum atomic E-state index is -1.31. The zero-order valence-electron chi connectivity index (χ0n) is 11.3. The molecule has 0 saturated heterocycles. The van der Waals surface area contributed by atoms with Gasteiger partial charge < -0.3 is 15.3 Å². The van der Waals surface area contributed by atoms with E-state index in [0.717, 1.165) is 0 Å². The number of nitrogens with zero attached hydrogens (tertiary/aromatic N) is 1. The lowest BCUT2D eigenvalue weighted by molar-refractivity contribution is -0.125. The Morgan fingerprint density at radius 2 is 1.94 bits per heavy atom. The van der Waals surface area contributed by atoms with Crippen LogP contribution in [0.25, 0.3) is 0 Å². The van der Waals surface area contributed by atoms with Gasteiger partial charge in [0.25, 0.3) is 0 Å². The predicted octanol–water partition coefficient (Wildman–Crippen LogP) is -0.428. The highest BCUT2D eigenvalue weighted by molar-refractivity contribution is 7.85. The summed E-state index contributed by atoms with van der Waals surface area (Å²) in [5.41, 5.74) is -0.0814. The first-order valence-electron chi connectivity index (χ1n) is 5.60. The molecule has 0 aliphatic rings. The van der Waals surface area contributed by atoms with Gasteiger partial charge in [-0.25, -0.2) is 0 Å². The van der Waals surface area contributed by atoms with E-state index in [1.54, 1.807) is 14.1 Å².